The second kappa shape index (κ2) is 9.73. The van der Waals surface area contributed by atoms with Gasteiger partial charge in [0.15, 0.2) is 0 Å². The summed E-state index contributed by atoms with van der Waals surface area (Å²) >= 11 is 6.99. The van der Waals surface area contributed by atoms with E-state index in [0.29, 0.717) is 28.3 Å². The number of carbonyl (C=O) groups excluding carboxylic acids is 1. The Morgan fingerprint density at radius 2 is 1.74 bits per heavy atom. The number of sulfonamides is 1. The molecule has 1 aliphatic carbocycles. The predicted octanol–water partition coefficient (Wildman–Crippen LogP) is 4.43. The highest BCUT2D eigenvalue weighted by Crippen LogP contribution is 2.58. The predicted molar refractivity (Wildman–Crippen MR) is 136 cm³/mol. The molecular formula is C25H25ClN2O5S2. The summed E-state index contributed by atoms with van der Waals surface area (Å²) in [5, 5.41) is 13.6. The van der Waals surface area contributed by atoms with Gasteiger partial charge < -0.3 is 10.4 Å². The highest BCUT2D eigenvalue weighted by atomic mass is 35.5. The van der Waals surface area contributed by atoms with E-state index in [4.69, 9.17) is 11.6 Å². The Hall–Kier alpha value is -2.72. The van der Waals surface area contributed by atoms with E-state index in [-0.39, 0.29) is 23.1 Å². The largest absolute Gasteiger partial charge is 0.480 e. The number of carboxylic acids is 1. The average Bonchev–Trinajstić information content (AvgIpc) is 3.21. The van der Waals surface area contributed by atoms with Gasteiger partial charge in [-0.3, -0.25) is 9.59 Å². The third kappa shape index (κ3) is 4.86. The fourth-order valence-electron chi connectivity index (χ4n) is 4.37. The minimum Gasteiger partial charge on any atom is -0.480 e. The first-order valence-electron chi connectivity index (χ1n) is 11.1. The maximum atomic E-state index is 13.4. The van der Waals surface area contributed by atoms with Gasteiger partial charge in [0.2, 0.25) is 5.91 Å². The van der Waals surface area contributed by atoms with Crippen LogP contribution >= 0.6 is 22.9 Å². The molecule has 0 saturated heterocycles. The molecule has 1 amide bonds. The van der Waals surface area contributed by atoms with Crippen LogP contribution in [0.5, 0.6) is 0 Å². The summed E-state index contributed by atoms with van der Waals surface area (Å²) in [5.74, 6) is -1.49. The molecule has 1 aliphatic rings. The van der Waals surface area contributed by atoms with Gasteiger partial charge in [0.25, 0.3) is 10.0 Å². The van der Waals surface area contributed by atoms with Crippen LogP contribution in [0.1, 0.15) is 31.7 Å². The lowest BCUT2D eigenvalue weighted by molar-refractivity contribution is -0.141. The fraction of sp³-hybridized carbons (Fsp3) is 0.280. The van der Waals surface area contributed by atoms with Crippen LogP contribution in [-0.2, 0) is 25.0 Å². The summed E-state index contributed by atoms with van der Waals surface area (Å²) in [4.78, 5) is 25.5. The standard InChI is InChI=1S/C25H25ClN2O5S2/c1-2-6-21(29)27-16-24(18-7-4-3-5-8-18)15-25(24,23(30)31)28-35(32,33)22-14-13-20(34-22)17-9-11-19(26)12-10-17/h3-5,7-14,28H,2,6,15-16H2,1H3,(H,27,29)(H,30,31). The highest BCUT2D eigenvalue weighted by molar-refractivity contribution is 7.91. The number of carboxylic acid groups (broad SMARTS) is 1. The molecule has 3 N–H and O–H groups in total. The Labute approximate surface area is 213 Å². The van der Waals surface area contributed by atoms with E-state index in [2.05, 4.69) is 10.0 Å². The summed E-state index contributed by atoms with van der Waals surface area (Å²) in [7, 11) is -4.17. The number of amides is 1. The molecule has 35 heavy (non-hydrogen) atoms. The summed E-state index contributed by atoms with van der Waals surface area (Å²) in [6, 6.07) is 19.0. The molecule has 0 bridgehead atoms. The molecular weight excluding hydrogens is 508 g/mol. The lowest BCUT2D eigenvalue weighted by atomic mass is 9.90. The molecule has 3 aromatic rings. The van der Waals surface area contributed by atoms with E-state index >= 15 is 0 Å². The first-order valence-corrected chi connectivity index (χ1v) is 13.8. The van der Waals surface area contributed by atoms with Gasteiger partial charge in [0.05, 0.1) is 0 Å². The van der Waals surface area contributed by atoms with Gasteiger partial charge in [-0.1, -0.05) is 61.0 Å². The van der Waals surface area contributed by atoms with Crippen LogP contribution in [0.25, 0.3) is 10.4 Å². The van der Waals surface area contributed by atoms with Crippen LogP contribution in [0.4, 0.5) is 0 Å². The SMILES string of the molecule is CCCC(=O)NCC1(c2ccccc2)CC1(NS(=O)(=O)c1ccc(-c2ccc(Cl)cc2)s1)C(=O)O. The van der Waals surface area contributed by atoms with Crippen molar-refractivity contribution in [2.45, 2.75) is 41.3 Å². The average molecular weight is 533 g/mol. The third-order valence-corrected chi connectivity index (χ3v) is 9.67. The maximum absolute atomic E-state index is 13.4. The molecule has 0 radical (unpaired) electrons. The van der Waals surface area contributed by atoms with Crippen LogP contribution in [0.3, 0.4) is 0 Å². The fourth-order valence-corrected chi connectivity index (χ4v) is 7.23. The van der Waals surface area contributed by atoms with E-state index in [0.717, 1.165) is 16.9 Å². The summed E-state index contributed by atoms with van der Waals surface area (Å²) in [5.41, 5.74) is -1.46. The zero-order chi connectivity index (χ0) is 25.3. The van der Waals surface area contributed by atoms with Gasteiger partial charge in [0.1, 0.15) is 9.75 Å². The van der Waals surface area contributed by atoms with Gasteiger partial charge in [-0.05, 0) is 48.2 Å². The minimum absolute atomic E-state index is 0.00509. The number of thiophene rings is 1. The Balaban J connectivity index is 1.66. The van der Waals surface area contributed by atoms with E-state index in [9.17, 15) is 23.1 Å². The molecule has 2 aromatic carbocycles. The molecule has 10 heteroatoms. The molecule has 0 spiro atoms. The Bertz CT molecular complexity index is 1340. The Morgan fingerprint density at radius 1 is 1.06 bits per heavy atom. The molecule has 1 heterocycles. The Kier molecular flexibility index (Phi) is 7.06. The number of rotatable bonds is 10. The molecule has 184 valence electrons. The van der Waals surface area contributed by atoms with Crippen LogP contribution in [0.15, 0.2) is 70.9 Å². The molecule has 4 rings (SSSR count). The van der Waals surface area contributed by atoms with Gasteiger partial charge in [0, 0.05) is 28.3 Å². The first kappa shape index (κ1) is 25.4. The number of carbonyl (C=O) groups is 2. The van der Waals surface area contributed by atoms with E-state index < -0.39 is 26.9 Å². The van der Waals surface area contributed by atoms with Crippen LogP contribution < -0.4 is 10.0 Å². The van der Waals surface area contributed by atoms with Crippen LogP contribution in [-0.4, -0.2) is 37.5 Å². The van der Waals surface area contributed by atoms with Crippen molar-refractivity contribution in [3.05, 3.63) is 77.3 Å². The van der Waals surface area contributed by atoms with Crippen molar-refractivity contribution in [2.24, 2.45) is 0 Å². The van der Waals surface area contributed by atoms with Crippen LogP contribution in [0, 0.1) is 0 Å². The number of hydrogen-bond acceptors (Lipinski definition) is 5. The number of hydrogen-bond donors (Lipinski definition) is 3. The van der Waals surface area contributed by atoms with Crippen molar-refractivity contribution in [1.29, 1.82) is 0 Å². The number of aliphatic carboxylic acids is 1. The number of nitrogens with one attached hydrogen (secondary N) is 2. The first-order chi connectivity index (χ1) is 16.6. The van der Waals surface area contributed by atoms with E-state index in [1.54, 1.807) is 60.7 Å². The van der Waals surface area contributed by atoms with Crippen LogP contribution in [0.2, 0.25) is 5.02 Å². The minimum atomic E-state index is -4.17. The second-order valence-corrected chi connectivity index (χ2v) is 12.0. The van der Waals surface area contributed by atoms with Gasteiger partial charge in [-0.15, -0.1) is 11.3 Å². The van der Waals surface area contributed by atoms with Gasteiger partial charge in [-0.2, -0.15) is 4.72 Å². The normalized spacial score (nSPS) is 21.4. The maximum Gasteiger partial charge on any atom is 0.325 e. The molecule has 2 atom stereocenters. The zero-order valence-electron chi connectivity index (χ0n) is 19.0. The molecule has 0 aliphatic heterocycles. The van der Waals surface area contributed by atoms with Crippen molar-refractivity contribution in [3.63, 3.8) is 0 Å². The monoisotopic (exact) mass is 532 g/mol. The molecule has 7 nitrogen and oxygen atoms in total. The van der Waals surface area contributed by atoms with Gasteiger partial charge in [-0.25, -0.2) is 8.42 Å². The quantitative estimate of drug-likeness (QED) is 0.357. The van der Waals surface area contributed by atoms with Crippen molar-refractivity contribution in [3.8, 4) is 10.4 Å². The van der Waals surface area contributed by atoms with Crippen molar-refractivity contribution in [1.82, 2.24) is 10.0 Å². The summed E-state index contributed by atoms with van der Waals surface area (Å²) in [6.07, 6.45) is 0.967. The topological polar surface area (TPSA) is 113 Å². The molecule has 1 fully saturated rings. The molecule has 2 unspecified atom stereocenters. The van der Waals surface area contributed by atoms with E-state index in [1.165, 1.54) is 6.07 Å². The number of halogens is 1. The van der Waals surface area contributed by atoms with Crippen molar-refractivity contribution in [2.75, 3.05) is 6.54 Å². The Morgan fingerprint density at radius 3 is 2.37 bits per heavy atom. The summed E-state index contributed by atoms with van der Waals surface area (Å²) < 4.78 is 29.3. The third-order valence-electron chi connectivity index (χ3n) is 6.30. The van der Waals surface area contributed by atoms with E-state index in [1.807, 2.05) is 6.92 Å². The van der Waals surface area contributed by atoms with Crippen molar-refractivity contribution < 1.29 is 23.1 Å². The van der Waals surface area contributed by atoms with Gasteiger partial charge >= 0.3 is 5.97 Å². The smallest absolute Gasteiger partial charge is 0.325 e. The number of benzene rings is 2. The second-order valence-electron chi connectivity index (χ2n) is 8.59. The highest BCUT2D eigenvalue weighted by Gasteiger charge is 2.74. The zero-order valence-corrected chi connectivity index (χ0v) is 21.3. The lowest BCUT2D eigenvalue weighted by Gasteiger charge is -2.25. The lowest BCUT2D eigenvalue weighted by Crippen LogP contribution is -2.51. The molecule has 1 saturated carbocycles. The summed E-state index contributed by atoms with van der Waals surface area (Å²) in [6.45, 7) is 1.88. The molecule has 1 aromatic heterocycles. The van der Waals surface area contributed by atoms with Crippen molar-refractivity contribution >= 4 is 44.8 Å².